The van der Waals surface area contributed by atoms with Crippen LogP contribution in [0.15, 0.2) is 24.4 Å². The van der Waals surface area contributed by atoms with Crippen molar-refractivity contribution in [1.29, 1.82) is 0 Å². The molecule has 1 unspecified atom stereocenters. The molecule has 0 saturated carbocycles. The number of methoxy groups -OCH3 is 1. The van der Waals surface area contributed by atoms with Crippen LogP contribution in [0.3, 0.4) is 0 Å². The SMILES string of the molecule is CNc1ncc(-c2ccc(OC)c(OCCC3CCCN3C)c2)c(N)n1. The first kappa shape index (κ1) is 18.3. The van der Waals surface area contributed by atoms with Crippen LogP contribution < -0.4 is 20.5 Å². The highest BCUT2D eigenvalue weighted by molar-refractivity contribution is 5.75. The first-order chi connectivity index (χ1) is 12.6. The Morgan fingerprint density at radius 3 is 2.85 bits per heavy atom. The minimum atomic E-state index is 0.424. The number of benzene rings is 1. The van der Waals surface area contributed by atoms with Crippen molar-refractivity contribution in [3.05, 3.63) is 24.4 Å². The molecule has 0 amide bonds. The highest BCUT2D eigenvalue weighted by Gasteiger charge is 2.20. The van der Waals surface area contributed by atoms with E-state index in [0.717, 1.165) is 17.5 Å². The molecule has 1 fully saturated rings. The zero-order valence-electron chi connectivity index (χ0n) is 15.7. The van der Waals surface area contributed by atoms with Crippen LogP contribution in [-0.4, -0.2) is 55.3 Å². The summed E-state index contributed by atoms with van der Waals surface area (Å²) in [5.41, 5.74) is 7.75. The smallest absolute Gasteiger partial charge is 0.224 e. The number of aromatic nitrogens is 2. The van der Waals surface area contributed by atoms with E-state index >= 15 is 0 Å². The molecule has 1 aliphatic heterocycles. The van der Waals surface area contributed by atoms with Crippen LogP contribution in [-0.2, 0) is 0 Å². The van der Waals surface area contributed by atoms with Gasteiger partial charge in [0.15, 0.2) is 11.5 Å². The number of nitrogens with zero attached hydrogens (tertiary/aromatic N) is 3. The van der Waals surface area contributed by atoms with Gasteiger partial charge in [0.25, 0.3) is 0 Å². The van der Waals surface area contributed by atoms with Crippen molar-refractivity contribution in [1.82, 2.24) is 14.9 Å². The Bertz CT molecular complexity index is 753. The average Bonchev–Trinajstić information content (AvgIpc) is 3.06. The molecule has 1 atom stereocenters. The van der Waals surface area contributed by atoms with Crippen LogP contribution in [0.5, 0.6) is 11.5 Å². The van der Waals surface area contributed by atoms with E-state index in [2.05, 4.69) is 27.2 Å². The normalized spacial score (nSPS) is 17.3. The summed E-state index contributed by atoms with van der Waals surface area (Å²) in [4.78, 5) is 10.9. The van der Waals surface area contributed by atoms with Gasteiger partial charge in [-0.25, -0.2) is 4.98 Å². The molecular weight excluding hydrogens is 330 g/mol. The van der Waals surface area contributed by atoms with Gasteiger partial charge < -0.3 is 25.4 Å². The lowest BCUT2D eigenvalue weighted by Crippen LogP contribution is -2.26. The number of likely N-dealkylation sites (tertiary alicyclic amines) is 1. The molecule has 1 saturated heterocycles. The van der Waals surface area contributed by atoms with Crippen molar-refractivity contribution >= 4 is 11.8 Å². The fourth-order valence-electron chi connectivity index (χ4n) is 3.34. The molecule has 1 aromatic heterocycles. The quantitative estimate of drug-likeness (QED) is 0.788. The predicted molar refractivity (Wildman–Crippen MR) is 104 cm³/mol. The largest absolute Gasteiger partial charge is 0.493 e. The Balaban J connectivity index is 1.75. The van der Waals surface area contributed by atoms with Crippen molar-refractivity contribution in [3.8, 4) is 22.6 Å². The van der Waals surface area contributed by atoms with E-state index in [-0.39, 0.29) is 0 Å². The van der Waals surface area contributed by atoms with Gasteiger partial charge in [0.2, 0.25) is 5.95 Å². The zero-order valence-corrected chi connectivity index (χ0v) is 15.7. The van der Waals surface area contributed by atoms with Gasteiger partial charge in [0, 0.05) is 24.8 Å². The molecule has 7 heteroatoms. The Morgan fingerprint density at radius 1 is 1.35 bits per heavy atom. The number of nitrogens with two attached hydrogens (primary N) is 1. The molecule has 0 radical (unpaired) electrons. The van der Waals surface area contributed by atoms with E-state index in [0.29, 0.717) is 35.9 Å². The Labute approximate surface area is 154 Å². The fraction of sp³-hybridized carbons (Fsp3) is 0.474. The third kappa shape index (κ3) is 3.99. The van der Waals surface area contributed by atoms with Crippen LogP contribution in [0.25, 0.3) is 11.1 Å². The maximum Gasteiger partial charge on any atom is 0.224 e. The van der Waals surface area contributed by atoms with E-state index in [4.69, 9.17) is 15.2 Å². The topological polar surface area (TPSA) is 85.5 Å². The van der Waals surface area contributed by atoms with Crippen molar-refractivity contribution in [3.63, 3.8) is 0 Å². The summed E-state index contributed by atoms with van der Waals surface area (Å²) in [6.07, 6.45) is 5.23. The molecular formula is C19H27N5O2. The highest BCUT2D eigenvalue weighted by atomic mass is 16.5. The standard InChI is InChI=1S/C19H27N5O2/c1-21-19-22-12-15(18(20)23-19)13-6-7-16(25-3)17(11-13)26-10-8-14-5-4-9-24(14)2/h6-7,11-12,14H,4-5,8-10H2,1-3H3,(H3,20,21,22,23). The molecule has 26 heavy (non-hydrogen) atoms. The van der Waals surface area contributed by atoms with E-state index < -0.39 is 0 Å². The number of ether oxygens (including phenoxy) is 2. The molecule has 140 valence electrons. The summed E-state index contributed by atoms with van der Waals surface area (Å²) < 4.78 is 11.5. The van der Waals surface area contributed by atoms with Crippen molar-refractivity contribution in [2.45, 2.75) is 25.3 Å². The number of hydrogen-bond acceptors (Lipinski definition) is 7. The van der Waals surface area contributed by atoms with Gasteiger partial charge in [-0.1, -0.05) is 6.07 Å². The number of nitrogen functional groups attached to an aromatic ring is 1. The summed E-state index contributed by atoms with van der Waals surface area (Å²) in [5.74, 6) is 2.34. The van der Waals surface area contributed by atoms with Crippen molar-refractivity contribution in [2.24, 2.45) is 0 Å². The van der Waals surface area contributed by atoms with Crippen LogP contribution in [0, 0.1) is 0 Å². The molecule has 3 rings (SSSR count). The third-order valence-corrected chi connectivity index (χ3v) is 4.90. The molecule has 1 aromatic carbocycles. The van der Waals surface area contributed by atoms with Gasteiger partial charge in [-0.15, -0.1) is 0 Å². The molecule has 7 nitrogen and oxygen atoms in total. The molecule has 0 aliphatic carbocycles. The summed E-state index contributed by atoms with van der Waals surface area (Å²) in [7, 11) is 5.58. The second-order valence-corrected chi connectivity index (χ2v) is 6.52. The van der Waals surface area contributed by atoms with Crippen LogP contribution in [0.1, 0.15) is 19.3 Å². The van der Waals surface area contributed by atoms with E-state index in [1.165, 1.54) is 19.4 Å². The van der Waals surface area contributed by atoms with Crippen LogP contribution in [0.4, 0.5) is 11.8 Å². The fourth-order valence-corrected chi connectivity index (χ4v) is 3.34. The van der Waals surface area contributed by atoms with Gasteiger partial charge in [-0.05, 0) is 50.6 Å². The number of hydrogen-bond donors (Lipinski definition) is 2. The first-order valence-corrected chi connectivity index (χ1v) is 8.94. The van der Waals surface area contributed by atoms with Gasteiger partial charge in [-0.3, -0.25) is 0 Å². The third-order valence-electron chi connectivity index (χ3n) is 4.90. The lowest BCUT2D eigenvalue weighted by molar-refractivity contribution is 0.227. The molecule has 3 N–H and O–H groups in total. The van der Waals surface area contributed by atoms with Crippen molar-refractivity contribution in [2.75, 3.05) is 45.4 Å². The van der Waals surface area contributed by atoms with Gasteiger partial charge in [0.05, 0.1) is 13.7 Å². The maximum atomic E-state index is 6.08. The molecule has 2 heterocycles. The monoisotopic (exact) mass is 357 g/mol. The minimum absolute atomic E-state index is 0.424. The van der Waals surface area contributed by atoms with E-state index in [9.17, 15) is 0 Å². The minimum Gasteiger partial charge on any atom is -0.493 e. The van der Waals surface area contributed by atoms with Crippen molar-refractivity contribution < 1.29 is 9.47 Å². The second-order valence-electron chi connectivity index (χ2n) is 6.52. The summed E-state index contributed by atoms with van der Waals surface area (Å²) in [6.45, 7) is 1.82. The summed E-state index contributed by atoms with van der Waals surface area (Å²) in [5, 5.41) is 2.88. The molecule has 0 bridgehead atoms. The second kappa shape index (κ2) is 8.23. The number of anilines is 2. The van der Waals surface area contributed by atoms with Crippen LogP contribution >= 0.6 is 0 Å². The molecule has 2 aromatic rings. The Hall–Kier alpha value is -2.54. The van der Waals surface area contributed by atoms with Gasteiger partial charge in [-0.2, -0.15) is 4.98 Å². The first-order valence-electron chi connectivity index (χ1n) is 8.94. The highest BCUT2D eigenvalue weighted by Crippen LogP contribution is 2.34. The lowest BCUT2D eigenvalue weighted by atomic mass is 10.1. The van der Waals surface area contributed by atoms with Gasteiger partial charge in [0.1, 0.15) is 5.82 Å². The van der Waals surface area contributed by atoms with E-state index in [1.54, 1.807) is 20.4 Å². The number of rotatable bonds is 7. The average molecular weight is 357 g/mol. The Kier molecular flexibility index (Phi) is 5.78. The maximum absolute atomic E-state index is 6.08. The molecule has 0 spiro atoms. The number of nitrogens with one attached hydrogen (secondary N) is 1. The summed E-state index contributed by atoms with van der Waals surface area (Å²) in [6, 6.07) is 6.36. The van der Waals surface area contributed by atoms with E-state index in [1.807, 2.05) is 18.2 Å². The predicted octanol–water partition coefficient (Wildman–Crippen LogP) is 2.64. The zero-order chi connectivity index (χ0) is 18.5. The summed E-state index contributed by atoms with van der Waals surface area (Å²) >= 11 is 0. The lowest BCUT2D eigenvalue weighted by Gasteiger charge is -2.20. The Morgan fingerprint density at radius 2 is 2.19 bits per heavy atom. The van der Waals surface area contributed by atoms with Gasteiger partial charge >= 0.3 is 0 Å². The van der Waals surface area contributed by atoms with Crippen LogP contribution in [0.2, 0.25) is 0 Å². The molecule has 1 aliphatic rings.